The largest absolute Gasteiger partial charge is 0.341 e. The normalized spacial score (nSPS) is 10.8. The van der Waals surface area contributed by atoms with E-state index in [4.69, 9.17) is 6.42 Å². The lowest BCUT2D eigenvalue weighted by atomic mass is 10.1. The number of aryl methyl sites for hydroxylation is 1. The van der Waals surface area contributed by atoms with Gasteiger partial charge in [0, 0.05) is 12.1 Å². The van der Waals surface area contributed by atoms with Crippen LogP contribution < -0.4 is 9.62 Å². The molecule has 5 nitrogen and oxygen atoms in total. The summed E-state index contributed by atoms with van der Waals surface area (Å²) in [6.07, 6.45) is 5.13. The molecule has 0 atom stereocenters. The molecule has 6 heteroatoms. The lowest BCUT2D eigenvalue weighted by molar-refractivity contribution is 0.0958. The lowest BCUT2D eigenvalue weighted by Gasteiger charge is -2.24. The van der Waals surface area contributed by atoms with Crippen LogP contribution in [0.5, 0.6) is 0 Å². The van der Waals surface area contributed by atoms with E-state index in [1.54, 1.807) is 50.2 Å². The Morgan fingerprint density at radius 1 is 1.20 bits per heavy atom. The summed E-state index contributed by atoms with van der Waals surface area (Å²) in [7, 11) is -3.80. The number of carbonyl (C=O) groups excluding carboxylic acids is 1. The first-order valence-corrected chi connectivity index (χ1v) is 9.26. The second kappa shape index (κ2) is 7.86. The number of carbonyl (C=O) groups is 1. The van der Waals surface area contributed by atoms with Gasteiger partial charge in [0.25, 0.3) is 15.9 Å². The van der Waals surface area contributed by atoms with Crippen LogP contribution in [0.1, 0.15) is 22.8 Å². The highest BCUT2D eigenvalue weighted by Crippen LogP contribution is 2.26. The van der Waals surface area contributed by atoms with Crippen LogP contribution in [0, 0.1) is 19.3 Å². The van der Waals surface area contributed by atoms with E-state index in [2.05, 4.69) is 11.2 Å². The van der Waals surface area contributed by atoms with Crippen LogP contribution in [-0.2, 0) is 10.0 Å². The SMILES string of the molecule is C#CCNC(=O)c1ccc(C)c(S(=O)(=O)N(CC)c2ccccc2)c1. The molecule has 0 saturated heterocycles. The van der Waals surface area contributed by atoms with Gasteiger partial charge in [-0.15, -0.1) is 6.42 Å². The first kappa shape index (κ1) is 18.6. The molecule has 2 aromatic carbocycles. The molecular formula is C19H20N2O3S. The molecule has 0 fully saturated rings. The Labute approximate surface area is 148 Å². The van der Waals surface area contributed by atoms with Gasteiger partial charge in [0.2, 0.25) is 0 Å². The quantitative estimate of drug-likeness (QED) is 0.809. The van der Waals surface area contributed by atoms with Crippen molar-refractivity contribution in [2.24, 2.45) is 0 Å². The van der Waals surface area contributed by atoms with E-state index < -0.39 is 15.9 Å². The Morgan fingerprint density at radius 2 is 1.88 bits per heavy atom. The van der Waals surface area contributed by atoms with Gasteiger partial charge in [0.15, 0.2) is 0 Å². The number of benzene rings is 2. The third-order valence-electron chi connectivity index (χ3n) is 3.70. The van der Waals surface area contributed by atoms with Crippen molar-refractivity contribution in [3.05, 3.63) is 59.7 Å². The monoisotopic (exact) mass is 356 g/mol. The Hall–Kier alpha value is -2.78. The van der Waals surface area contributed by atoms with Crippen molar-refractivity contribution < 1.29 is 13.2 Å². The van der Waals surface area contributed by atoms with Crippen LogP contribution in [-0.4, -0.2) is 27.4 Å². The molecule has 0 spiro atoms. The smallest absolute Gasteiger partial charge is 0.264 e. The molecule has 0 aliphatic carbocycles. The number of rotatable bonds is 6. The van der Waals surface area contributed by atoms with Crippen molar-refractivity contribution in [1.29, 1.82) is 0 Å². The molecule has 1 N–H and O–H groups in total. The number of nitrogens with zero attached hydrogens (tertiary/aromatic N) is 1. The molecule has 0 unspecified atom stereocenters. The van der Waals surface area contributed by atoms with Crippen LogP contribution in [0.2, 0.25) is 0 Å². The number of nitrogens with one attached hydrogen (secondary N) is 1. The van der Waals surface area contributed by atoms with Gasteiger partial charge in [-0.1, -0.05) is 30.2 Å². The molecular weight excluding hydrogens is 336 g/mol. The van der Waals surface area contributed by atoms with E-state index in [1.807, 2.05) is 6.07 Å². The molecule has 0 aromatic heterocycles. The minimum atomic E-state index is -3.80. The topological polar surface area (TPSA) is 66.5 Å². The zero-order valence-electron chi connectivity index (χ0n) is 14.2. The van der Waals surface area contributed by atoms with Gasteiger partial charge >= 0.3 is 0 Å². The summed E-state index contributed by atoms with van der Waals surface area (Å²) in [6, 6.07) is 13.5. The molecule has 2 aromatic rings. The summed E-state index contributed by atoms with van der Waals surface area (Å²) in [5.41, 5.74) is 1.40. The average Bonchev–Trinajstić information content (AvgIpc) is 2.61. The van der Waals surface area contributed by atoms with Gasteiger partial charge < -0.3 is 5.32 Å². The van der Waals surface area contributed by atoms with E-state index in [1.165, 1.54) is 10.4 Å². The Morgan fingerprint density at radius 3 is 2.48 bits per heavy atom. The average molecular weight is 356 g/mol. The van der Waals surface area contributed by atoms with E-state index in [-0.39, 0.29) is 23.5 Å². The zero-order valence-corrected chi connectivity index (χ0v) is 15.0. The van der Waals surface area contributed by atoms with Crippen molar-refractivity contribution >= 4 is 21.6 Å². The van der Waals surface area contributed by atoms with Gasteiger partial charge in [-0.25, -0.2) is 8.42 Å². The Balaban J connectivity index is 2.48. The lowest BCUT2D eigenvalue weighted by Crippen LogP contribution is -2.31. The van der Waals surface area contributed by atoms with Crippen LogP contribution >= 0.6 is 0 Å². The second-order valence-corrected chi connectivity index (χ2v) is 7.20. The van der Waals surface area contributed by atoms with E-state index >= 15 is 0 Å². The van der Waals surface area contributed by atoms with Crippen LogP contribution in [0.3, 0.4) is 0 Å². The fraction of sp³-hybridized carbons (Fsp3) is 0.211. The van der Waals surface area contributed by atoms with Gasteiger partial charge in [0.05, 0.1) is 17.1 Å². The van der Waals surface area contributed by atoms with Crippen LogP contribution in [0.15, 0.2) is 53.4 Å². The summed E-state index contributed by atoms with van der Waals surface area (Å²) < 4.78 is 27.6. The van der Waals surface area contributed by atoms with Crippen molar-refractivity contribution in [1.82, 2.24) is 5.32 Å². The predicted molar refractivity (Wildman–Crippen MR) is 99.0 cm³/mol. The highest BCUT2D eigenvalue weighted by molar-refractivity contribution is 7.92. The fourth-order valence-electron chi connectivity index (χ4n) is 2.46. The standard InChI is InChI=1S/C19H20N2O3S/c1-4-13-20-19(22)16-12-11-15(3)18(14-16)25(23,24)21(5-2)17-9-7-6-8-10-17/h1,6-12,14H,5,13H2,2-3H3,(H,20,22). The van der Waals surface area contributed by atoms with Gasteiger partial charge in [-0.2, -0.15) is 0 Å². The summed E-state index contributed by atoms with van der Waals surface area (Å²) in [5, 5.41) is 2.54. The van der Waals surface area contributed by atoms with Crippen molar-refractivity contribution in [3.63, 3.8) is 0 Å². The summed E-state index contributed by atoms with van der Waals surface area (Å²) >= 11 is 0. The number of amides is 1. The van der Waals surface area contributed by atoms with Gasteiger partial charge in [-0.05, 0) is 43.7 Å². The zero-order chi connectivity index (χ0) is 18.4. The van der Waals surface area contributed by atoms with Crippen molar-refractivity contribution in [2.75, 3.05) is 17.4 Å². The summed E-state index contributed by atoms with van der Waals surface area (Å²) in [4.78, 5) is 12.2. The molecule has 0 radical (unpaired) electrons. The van der Waals surface area contributed by atoms with E-state index in [0.717, 1.165) is 0 Å². The van der Waals surface area contributed by atoms with Crippen LogP contribution in [0.25, 0.3) is 0 Å². The number of hydrogen-bond donors (Lipinski definition) is 1. The molecule has 0 aliphatic heterocycles. The molecule has 0 saturated carbocycles. The molecule has 2 rings (SSSR count). The highest BCUT2D eigenvalue weighted by atomic mass is 32.2. The number of hydrogen-bond acceptors (Lipinski definition) is 3. The van der Waals surface area contributed by atoms with E-state index in [0.29, 0.717) is 11.3 Å². The third-order valence-corrected chi connectivity index (χ3v) is 5.75. The third kappa shape index (κ3) is 4.01. The van der Waals surface area contributed by atoms with Gasteiger partial charge in [-0.3, -0.25) is 9.10 Å². The fourth-order valence-corrected chi connectivity index (χ4v) is 4.18. The Kier molecular flexibility index (Phi) is 5.84. The number of anilines is 1. The summed E-state index contributed by atoms with van der Waals surface area (Å²) in [6.45, 7) is 3.83. The maximum atomic E-state index is 13.1. The number of terminal acetylenes is 1. The maximum absolute atomic E-state index is 13.1. The second-order valence-electron chi connectivity index (χ2n) is 5.37. The molecule has 0 bridgehead atoms. The van der Waals surface area contributed by atoms with Crippen molar-refractivity contribution in [3.8, 4) is 12.3 Å². The summed E-state index contributed by atoms with van der Waals surface area (Å²) in [5.74, 6) is 1.91. The highest BCUT2D eigenvalue weighted by Gasteiger charge is 2.26. The van der Waals surface area contributed by atoms with E-state index in [9.17, 15) is 13.2 Å². The minimum absolute atomic E-state index is 0.0832. The first-order chi connectivity index (χ1) is 11.9. The first-order valence-electron chi connectivity index (χ1n) is 7.82. The van der Waals surface area contributed by atoms with Crippen molar-refractivity contribution in [2.45, 2.75) is 18.7 Å². The number of para-hydroxylation sites is 1. The predicted octanol–water partition coefficient (Wildman–Crippen LogP) is 2.57. The van der Waals surface area contributed by atoms with Crippen LogP contribution in [0.4, 0.5) is 5.69 Å². The Bertz CT molecular complexity index is 900. The maximum Gasteiger partial charge on any atom is 0.264 e. The molecule has 0 aliphatic rings. The van der Waals surface area contributed by atoms with Gasteiger partial charge in [0.1, 0.15) is 0 Å². The molecule has 0 heterocycles. The molecule has 25 heavy (non-hydrogen) atoms. The minimum Gasteiger partial charge on any atom is -0.341 e. The molecule has 130 valence electrons. The molecule has 1 amide bonds. The number of sulfonamides is 1.